The summed E-state index contributed by atoms with van der Waals surface area (Å²) >= 11 is 0. The van der Waals surface area contributed by atoms with E-state index in [0.717, 1.165) is 19.5 Å². The number of nitrogens with one attached hydrogen (secondary N) is 2. The van der Waals surface area contributed by atoms with E-state index in [0.29, 0.717) is 18.4 Å². The molecule has 1 saturated heterocycles. The molecule has 0 aliphatic carbocycles. The zero-order chi connectivity index (χ0) is 12.0. The predicted octanol–water partition coefficient (Wildman–Crippen LogP) is 2.16. The maximum absolute atomic E-state index is 11.9. The normalized spacial score (nSPS) is 24.4. The maximum atomic E-state index is 11.9. The smallest absolute Gasteiger partial charge is 0.316 e. The number of rotatable bonds is 5. The van der Waals surface area contributed by atoms with Crippen molar-refractivity contribution in [2.75, 3.05) is 26.2 Å². The minimum absolute atomic E-state index is 0.456. The Hall–Kier alpha value is -0.290. The lowest BCUT2D eigenvalue weighted by atomic mass is 9.85. The van der Waals surface area contributed by atoms with Gasteiger partial charge in [-0.05, 0) is 50.7 Å². The van der Waals surface area contributed by atoms with Gasteiger partial charge in [-0.15, -0.1) is 0 Å². The van der Waals surface area contributed by atoms with Crippen molar-refractivity contribution in [1.29, 1.82) is 0 Å². The third kappa shape index (κ3) is 5.70. The van der Waals surface area contributed by atoms with Gasteiger partial charge in [0.05, 0.1) is 6.54 Å². The molecule has 0 radical (unpaired) electrons. The Morgan fingerprint density at radius 1 is 1.44 bits per heavy atom. The molecule has 2 unspecified atom stereocenters. The number of halogens is 3. The summed E-state index contributed by atoms with van der Waals surface area (Å²) in [5, 5.41) is 5.78. The van der Waals surface area contributed by atoms with Gasteiger partial charge in [-0.25, -0.2) is 0 Å². The van der Waals surface area contributed by atoms with Crippen molar-refractivity contribution in [3.63, 3.8) is 0 Å². The molecule has 1 fully saturated rings. The summed E-state index contributed by atoms with van der Waals surface area (Å²) in [4.78, 5) is 0. The van der Waals surface area contributed by atoms with Crippen LogP contribution in [0.4, 0.5) is 13.2 Å². The average Bonchev–Trinajstić information content (AvgIpc) is 2.24. The van der Waals surface area contributed by atoms with Crippen molar-refractivity contribution in [3.8, 4) is 0 Å². The molecule has 0 bridgehead atoms. The molecule has 1 rings (SSSR count). The molecule has 1 aliphatic heterocycles. The fourth-order valence-corrected chi connectivity index (χ4v) is 2.16. The molecule has 1 heterocycles. The molecular weight excluding hydrogens is 217 g/mol. The van der Waals surface area contributed by atoms with Crippen LogP contribution in [0.5, 0.6) is 0 Å². The van der Waals surface area contributed by atoms with Crippen molar-refractivity contribution in [2.45, 2.75) is 32.4 Å². The molecule has 2 N–H and O–H groups in total. The summed E-state index contributed by atoms with van der Waals surface area (Å²) < 4.78 is 35.6. The Morgan fingerprint density at radius 3 is 2.75 bits per heavy atom. The molecule has 2 atom stereocenters. The third-order valence-corrected chi connectivity index (χ3v) is 3.24. The van der Waals surface area contributed by atoms with E-state index < -0.39 is 12.7 Å². The maximum Gasteiger partial charge on any atom is 0.401 e. The number of piperidine rings is 1. The van der Waals surface area contributed by atoms with Crippen LogP contribution in [0.25, 0.3) is 0 Å². The second-order valence-corrected chi connectivity index (χ2v) is 4.66. The lowest BCUT2D eigenvalue weighted by Crippen LogP contribution is -2.35. The molecular formula is C11H21F3N2. The highest BCUT2D eigenvalue weighted by molar-refractivity contribution is 4.74. The topological polar surface area (TPSA) is 24.1 Å². The van der Waals surface area contributed by atoms with Crippen molar-refractivity contribution in [3.05, 3.63) is 0 Å². The summed E-state index contributed by atoms with van der Waals surface area (Å²) in [7, 11) is 0. The van der Waals surface area contributed by atoms with Gasteiger partial charge >= 0.3 is 6.18 Å². The molecule has 1 aliphatic rings. The first-order chi connectivity index (χ1) is 7.49. The van der Waals surface area contributed by atoms with Crippen LogP contribution in [0.2, 0.25) is 0 Å². The van der Waals surface area contributed by atoms with Gasteiger partial charge in [-0.2, -0.15) is 13.2 Å². The lowest BCUT2D eigenvalue weighted by Gasteiger charge is -2.28. The summed E-state index contributed by atoms with van der Waals surface area (Å²) in [5.41, 5.74) is 0. The number of hydrogen-bond acceptors (Lipinski definition) is 2. The average molecular weight is 238 g/mol. The predicted molar refractivity (Wildman–Crippen MR) is 58.3 cm³/mol. The monoisotopic (exact) mass is 238 g/mol. The van der Waals surface area contributed by atoms with Crippen molar-refractivity contribution in [2.24, 2.45) is 11.8 Å². The van der Waals surface area contributed by atoms with E-state index in [1.165, 1.54) is 12.8 Å². The van der Waals surface area contributed by atoms with Crippen LogP contribution in [0.1, 0.15) is 26.2 Å². The SMILES string of the molecule is CC(CCNCC(F)(F)F)C1CCCNC1. The number of hydrogen-bond donors (Lipinski definition) is 2. The van der Waals surface area contributed by atoms with Gasteiger partial charge in [0, 0.05) is 0 Å². The second-order valence-electron chi connectivity index (χ2n) is 4.66. The van der Waals surface area contributed by atoms with Crippen LogP contribution in [0, 0.1) is 11.8 Å². The molecule has 0 spiro atoms. The molecule has 0 aromatic rings. The van der Waals surface area contributed by atoms with Crippen molar-refractivity contribution in [1.82, 2.24) is 10.6 Å². The first-order valence-electron chi connectivity index (χ1n) is 5.97. The standard InChI is InChI=1S/C11H21F3N2/c1-9(10-3-2-5-15-7-10)4-6-16-8-11(12,13)14/h9-10,15-16H,2-8H2,1H3. The Kier molecular flexibility index (Phi) is 5.55. The van der Waals surface area contributed by atoms with Crippen LogP contribution in [0.3, 0.4) is 0 Å². The van der Waals surface area contributed by atoms with E-state index in [4.69, 9.17) is 0 Å². The highest BCUT2D eigenvalue weighted by Gasteiger charge is 2.26. The highest BCUT2D eigenvalue weighted by atomic mass is 19.4. The molecule has 0 amide bonds. The Morgan fingerprint density at radius 2 is 2.19 bits per heavy atom. The van der Waals surface area contributed by atoms with E-state index >= 15 is 0 Å². The van der Waals surface area contributed by atoms with Gasteiger partial charge in [0.25, 0.3) is 0 Å². The lowest BCUT2D eigenvalue weighted by molar-refractivity contribution is -0.124. The Labute approximate surface area is 95.0 Å². The molecule has 0 saturated carbocycles. The van der Waals surface area contributed by atoms with Gasteiger partial charge < -0.3 is 10.6 Å². The summed E-state index contributed by atoms with van der Waals surface area (Å²) in [5.74, 6) is 1.12. The van der Waals surface area contributed by atoms with Crippen LogP contribution < -0.4 is 10.6 Å². The van der Waals surface area contributed by atoms with E-state index in [2.05, 4.69) is 17.6 Å². The van der Waals surface area contributed by atoms with Crippen LogP contribution in [-0.2, 0) is 0 Å². The first kappa shape index (κ1) is 13.8. The highest BCUT2D eigenvalue weighted by Crippen LogP contribution is 2.22. The second kappa shape index (κ2) is 6.45. The summed E-state index contributed by atoms with van der Waals surface area (Å²) in [6.45, 7) is 3.81. The minimum atomic E-state index is -4.09. The van der Waals surface area contributed by atoms with E-state index in [1.54, 1.807) is 0 Å². The van der Waals surface area contributed by atoms with E-state index in [9.17, 15) is 13.2 Å². The molecule has 0 aromatic carbocycles. The quantitative estimate of drug-likeness (QED) is 0.717. The molecule has 0 aromatic heterocycles. The van der Waals surface area contributed by atoms with E-state index in [1.807, 2.05) is 0 Å². The zero-order valence-electron chi connectivity index (χ0n) is 9.74. The first-order valence-corrected chi connectivity index (χ1v) is 5.97. The van der Waals surface area contributed by atoms with E-state index in [-0.39, 0.29) is 0 Å². The Bertz CT molecular complexity index is 188. The largest absolute Gasteiger partial charge is 0.401 e. The zero-order valence-corrected chi connectivity index (χ0v) is 9.74. The minimum Gasteiger partial charge on any atom is -0.316 e. The number of alkyl halides is 3. The van der Waals surface area contributed by atoms with Gasteiger partial charge in [0.1, 0.15) is 0 Å². The molecule has 16 heavy (non-hydrogen) atoms. The molecule has 5 heteroatoms. The van der Waals surface area contributed by atoms with Crippen molar-refractivity contribution < 1.29 is 13.2 Å². The summed E-state index contributed by atoms with van der Waals surface area (Å²) in [6.07, 6.45) is -0.878. The van der Waals surface area contributed by atoms with Gasteiger partial charge in [0.15, 0.2) is 0 Å². The van der Waals surface area contributed by atoms with Gasteiger partial charge in [-0.3, -0.25) is 0 Å². The third-order valence-electron chi connectivity index (χ3n) is 3.24. The fraction of sp³-hybridized carbons (Fsp3) is 1.00. The molecule has 96 valence electrons. The summed E-state index contributed by atoms with van der Waals surface area (Å²) in [6, 6.07) is 0. The molecule has 2 nitrogen and oxygen atoms in total. The van der Waals surface area contributed by atoms with Crippen molar-refractivity contribution >= 4 is 0 Å². The van der Waals surface area contributed by atoms with Crippen LogP contribution in [0.15, 0.2) is 0 Å². The Balaban J connectivity index is 2.07. The fourth-order valence-electron chi connectivity index (χ4n) is 2.16. The van der Waals surface area contributed by atoms with Crippen LogP contribution in [-0.4, -0.2) is 32.4 Å². The van der Waals surface area contributed by atoms with Gasteiger partial charge in [-0.1, -0.05) is 6.92 Å². The van der Waals surface area contributed by atoms with Gasteiger partial charge in [0.2, 0.25) is 0 Å². The van der Waals surface area contributed by atoms with Crippen LogP contribution >= 0.6 is 0 Å².